The molecule has 0 saturated carbocycles. The van der Waals surface area contributed by atoms with Crippen LogP contribution in [0.2, 0.25) is 0 Å². The molecule has 0 spiro atoms. The van der Waals surface area contributed by atoms with Crippen molar-refractivity contribution in [3.8, 4) is 11.5 Å². The molecule has 2 heterocycles. The van der Waals surface area contributed by atoms with Crippen molar-refractivity contribution in [1.29, 1.82) is 0 Å². The summed E-state index contributed by atoms with van der Waals surface area (Å²) in [6, 6.07) is -1.23. The first-order chi connectivity index (χ1) is 15.1. The van der Waals surface area contributed by atoms with Crippen molar-refractivity contribution >= 4 is 16.2 Å². The first kappa shape index (κ1) is 25.8. The molecule has 0 amide bonds. The standard InChI is InChI=1S/C19H30N6O6S/c1-12(2)10-29-14(5)17(19(26)30-11-13(3)4)25-32(27,28)22-9-16-23-18(24-31-16)15-8-20-6-7-21-15/h6-8,12-14,17,22,25H,9-11H2,1-5H3/t14?,17-/m0/s1. The normalized spacial score (nSPS) is 14.0. The highest BCUT2D eigenvalue weighted by Crippen LogP contribution is 2.11. The van der Waals surface area contributed by atoms with Crippen molar-refractivity contribution < 1.29 is 27.2 Å². The number of carbonyl (C=O) groups excluding carboxylic acids is 1. The topological polar surface area (TPSA) is 158 Å². The highest BCUT2D eigenvalue weighted by Gasteiger charge is 2.32. The summed E-state index contributed by atoms with van der Waals surface area (Å²) in [5, 5.41) is 3.75. The quantitative estimate of drug-likeness (QED) is 0.406. The van der Waals surface area contributed by atoms with Crippen molar-refractivity contribution in [3.63, 3.8) is 0 Å². The lowest BCUT2D eigenvalue weighted by atomic mass is 10.2. The van der Waals surface area contributed by atoms with Crippen molar-refractivity contribution in [3.05, 3.63) is 24.5 Å². The Morgan fingerprint density at radius 2 is 1.84 bits per heavy atom. The van der Waals surface area contributed by atoms with Crippen molar-refractivity contribution in [1.82, 2.24) is 29.6 Å². The summed E-state index contributed by atoms with van der Waals surface area (Å²) in [7, 11) is -4.14. The lowest BCUT2D eigenvalue weighted by Gasteiger charge is -2.24. The molecule has 2 aromatic rings. The molecule has 12 nitrogen and oxygen atoms in total. The third-order valence-electron chi connectivity index (χ3n) is 3.93. The van der Waals surface area contributed by atoms with Gasteiger partial charge in [-0.05, 0) is 18.8 Å². The number of esters is 1. The summed E-state index contributed by atoms with van der Waals surface area (Å²) in [5.74, 6) is -0.226. The molecule has 2 aromatic heterocycles. The zero-order valence-electron chi connectivity index (χ0n) is 18.8. The fourth-order valence-corrected chi connectivity index (χ4v) is 3.34. The van der Waals surface area contributed by atoms with Crippen LogP contribution in [0.5, 0.6) is 0 Å². The zero-order valence-corrected chi connectivity index (χ0v) is 19.6. The number of nitrogens with one attached hydrogen (secondary N) is 2. The minimum absolute atomic E-state index is 0.0130. The van der Waals surface area contributed by atoms with Gasteiger partial charge in [-0.25, -0.2) is 4.98 Å². The Morgan fingerprint density at radius 1 is 1.12 bits per heavy atom. The van der Waals surface area contributed by atoms with Gasteiger partial charge in [-0.3, -0.25) is 9.78 Å². The summed E-state index contributed by atoms with van der Waals surface area (Å²) in [5.41, 5.74) is 0.382. The molecule has 0 fully saturated rings. The van der Waals surface area contributed by atoms with Gasteiger partial charge in [0.25, 0.3) is 10.2 Å². The summed E-state index contributed by atoms with van der Waals surface area (Å²) >= 11 is 0. The Hall–Kier alpha value is -2.48. The number of nitrogens with zero attached hydrogens (tertiary/aromatic N) is 4. The first-order valence-corrected chi connectivity index (χ1v) is 11.7. The van der Waals surface area contributed by atoms with Crippen LogP contribution in [-0.4, -0.2) is 59.9 Å². The Bertz CT molecular complexity index is 950. The second-order valence-electron chi connectivity index (χ2n) is 7.98. The molecule has 0 aliphatic heterocycles. The van der Waals surface area contributed by atoms with Crippen LogP contribution in [0.1, 0.15) is 40.5 Å². The van der Waals surface area contributed by atoms with Gasteiger partial charge < -0.3 is 14.0 Å². The van der Waals surface area contributed by atoms with E-state index in [1.54, 1.807) is 6.92 Å². The lowest BCUT2D eigenvalue weighted by Crippen LogP contribution is -2.52. The number of rotatable bonds is 13. The Labute approximate surface area is 187 Å². The molecule has 13 heteroatoms. The minimum Gasteiger partial charge on any atom is -0.464 e. The van der Waals surface area contributed by atoms with Gasteiger partial charge in [0.1, 0.15) is 11.7 Å². The smallest absolute Gasteiger partial charge is 0.326 e. The van der Waals surface area contributed by atoms with E-state index >= 15 is 0 Å². The summed E-state index contributed by atoms with van der Waals surface area (Å²) in [4.78, 5) is 24.6. The maximum Gasteiger partial charge on any atom is 0.326 e. The molecule has 0 radical (unpaired) electrons. The molecule has 0 saturated heterocycles. The highest BCUT2D eigenvalue weighted by molar-refractivity contribution is 7.87. The number of carbonyl (C=O) groups is 1. The van der Waals surface area contributed by atoms with E-state index in [4.69, 9.17) is 14.0 Å². The van der Waals surface area contributed by atoms with Crippen LogP contribution in [0.3, 0.4) is 0 Å². The number of hydrogen-bond donors (Lipinski definition) is 2. The molecule has 2 N–H and O–H groups in total. The van der Waals surface area contributed by atoms with Crippen LogP contribution in [-0.2, 0) is 31.0 Å². The van der Waals surface area contributed by atoms with Gasteiger partial charge in [-0.1, -0.05) is 32.9 Å². The van der Waals surface area contributed by atoms with Crippen LogP contribution in [0.4, 0.5) is 0 Å². The predicted molar refractivity (Wildman–Crippen MR) is 114 cm³/mol. The van der Waals surface area contributed by atoms with Crippen LogP contribution >= 0.6 is 0 Å². The van der Waals surface area contributed by atoms with Crippen molar-refractivity contribution in [2.24, 2.45) is 11.8 Å². The fourth-order valence-electron chi connectivity index (χ4n) is 2.33. The number of aromatic nitrogens is 4. The van der Waals surface area contributed by atoms with Gasteiger partial charge >= 0.3 is 5.97 Å². The molecular weight excluding hydrogens is 440 g/mol. The molecular formula is C19H30N6O6S. The van der Waals surface area contributed by atoms with Crippen LogP contribution < -0.4 is 9.44 Å². The average Bonchev–Trinajstić information content (AvgIpc) is 3.22. The summed E-state index contributed by atoms with van der Waals surface area (Å²) < 4.78 is 45.6. The molecule has 0 aliphatic carbocycles. The molecule has 2 rings (SSSR count). The second-order valence-corrected chi connectivity index (χ2v) is 9.51. The molecule has 0 aliphatic rings. The molecule has 0 bridgehead atoms. The van der Waals surface area contributed by atoms with Gasteiger partial charge in [0.2, 0.25) is 11.7 Å². The minimum atomic E-state index is -4.14. The second kappa shape index (κ2) is 11.9. The predicted octanol–water partition coefficient (Wildman–Crippen LogP) is 1.08. The SMILES string of the molecule is CC(C)COC(=O)[C@@H](NS(=O)(=O)NCc1nc(-c2cnccn2)no1)C(C)OCC(C)C. The van der Waals surface area contributed by atoms with E-state index in [0.29, 0.717) is 12.3 Å². The van der Waals surface area contributed by atoms with E-state index in [9.17, 15) is 13.2 Å². The number of hydrogen-bond acceptors (Lipinski definition) is 10. The third-order valence-corrected chi connectivity index (χ3v) is 5.02. The van der Waals surface area contributed by atoms with Gasteiger partial charge in [0, 0.05) is 19.0 Å². The van der Waals surface area contributed by atoms with Crippen molar-refractivity contribution in [2.45, 2.75) is 53.3 Å². The average molecular weight is 471 g/mol. The van der Waals surface area contributed by atoms with Gasteiger partial charge in [-0.15, -0.1) is 0 Å². The van der Waals surface area contributed by atoms with Crippen LogP contribution in [0.25, 0.3) is 11.5 Å². The van der Waals surface area contributed by atoms with E-state index in [-0.39, 0.29) is 36.7 Å². The largest absolute Gasteiger partial charge is 0.464 e. The van der Waals surface area contributed by atoms with Crippen LogP contribution in [0.15, 0.2) is 23.1 Å². The Morgan fingerprint density at radius 3 is 2.47 bits per heavy atom. The first-order valence-electron chi connectivity index (χ1n) is 10.2. The van der Waals surface area contributed by atoms with Crippen LogP contribution in [0, 0.1) is 11.8 Å². The van der Waals surface area contributed by atoms with E-state index in [0.717, 1.165) is 0 Å². The third kappa shape index (κ3) is 8.57. The van der Waals surface area contributed by atoms with Crippen molar-refractivity contribution in [2.75, 3.05) is 13.2 Å². The molecule has 0 aromatic carbocycles. The molecule has 2 atom stereocenters. The number of ether oxygens (including phenoxy) is 2. The summed E-state index contributed by atoms with van der Waals surface area (Å²) in [6.45, 7) is 9.49. The maximum atomic E-state index is 12.6. The van der Waals surface area contributed by atoms with E-state index in [2.05, 4.69) is 29.6 Å². The Kier molecular flexibility index (Phi) is 9.62. The lowest BCUT2D eigenvalue weighted by molar-refractivity contribution is -0.150. The van der Waals surface area contributed by atoms with E-state index in [1.807, 2.05) is 27.7 Å². The summed E-state index contributed by atoms with van der Waals surface area (Å²) in [6.07, 6.45) is 3.67. The van der Waals surface area contributed by atoms with E-state index in [1.165, 1.54) is 18.6 Å². The maximum absolute atomic E-state index is 12.6. The van der Waals surface area contributed by atoms with Gasteiger partial charge in [0.05, 0.1) is 25.5 Å². The van der Waals surface area contributed by atoms with Gasteiger partial charge in [-0.2, -0.15) is 22.8 Å². The fraction of sp³-hybridized carbons (Fsp3) is 0.632. The molecule has 178 valence electrons. The molecule has 1 unspecified atom stereocenters. The molecule has 32 heavy (non-hydrogen) atoms. The van der Waals surface area contributed by atoms with E-state index < -0.39 is 28.3 Å². The zero-order chi connectivity index (χ0) is 23.7. The van der Waals surface area contributed by atoms with Gasteiger partial charge in [0.15, 0.2) is 0 Å². The highest BCUT2D eigenvalue weighted by atomic mass is 32.2. The Balaban J connectivity index is 2.03. The monoisotopic (exact) mass is 470 g/mol.